The molecule has 0 saturated carbocycles. The normalized spacial score (nSPS) is 17.3. The van der Waals surface area contributed by atoms with Crippen molar-refractivity contribution in [3.8, 4) is 0 Å². The lowest BCUT2D eigenvalue weighted by molar-refractivity contribution is 0.515. The van der Waals surface area contributed by atoms with Crippen LogP contribution in [0.3, 0.4) is 0 Å². The third kappa shape index (κ3) is 1.35. The zero-order valence-corrected chi connectivity index (χ0v) is 5.99. The van der Waals surface area contributed by atoms with Gasteiger partial charge in [0, 0.05) is 12.4 Å². The molecule has 0 atom stereocenters. The lowest BCUT2D eigenvalue weighted by Crippen LogP contribution is -2.08. The van der Waals surface area contributed by atoms with Crippen molar-refractivity contribution in [2.24, 2.45) is 5.10 Å². The number of hydrogen-bond donors (Lipinski definition) is 0. The van der Waals surface area contributed by atoms with E-state index < -0.39 is 0 Å². The van der Waals surface area contributed by atoms with Crippen molar-refractivity contribution in [1.82, 2.24) is 5.01 Å². The van der Waals surface area contributed by atoms with Gasteiger partial charge >= 0.3 is 0 Å². The molecule has 0 aromatic carbocycles. The molecule has 0 amide bonds. The Labute approximate surface area is 60.8 Å². The van der Waals surface area contributed by atoms with Crippen molar-refractivity contribution in [1.29, 1.82) is 0 Å². The standard InChI is InChI=1S/C8H10N2/c1-3-9-10-7-5-4-6-8(10)2/h3-7H,2H2,1H3/b9-3-. The maximum atomic E-state index is 4.04. The molecule has 1 rings (SSSR count). The van der Waals surface area contributed by atoms with Crippen LogP contribution in [0, 0.1) is 0 Å². The Balaban J connectivity index is 2.70. The third-order valence-corrected chi connectivity index (χ3v) is 1.16. The predicted molar refractivity (Wildman–Crippen MR) is 43.4 cm³/mol. The minimum absolute atomic E-state index is 0.889. The monoisotopic (exact) mass is 134 g/mol. The minimum atomic E-state index is 0.889. The quantitative estimate of drug-likeness (QED) is 0.500. The minimum Gasteiger partial charge on any atom is -0.242 e. The van der Waals surface area contributed by atoms with Gasteiger partial charge in [-0.15, -0.1) is 0 Å². The van der Waals surface area contributed by atoms with E-state index in [1.54, 1.807) is 11.2 Å². The van der Waals surface area contributed by atoms with Crippen LogP contribution in [-0.2, 0) is 0 Å². The van der Waals surface area contributed by atoms with Crippen LogP contribution in [0.1, 0.15) is 6.92 Å². The Morgan fingerprint density at radius 1 is 1.60 bits per heavy atom. The van der Waals surface area contributed by atoms with E-state index in [1.165, 1.54) is 0 Å². The number of rotatable bonds is 1. The molecule has 0 aromatic rings. The second kappa shape index (κ2) is 3.01. The number of nitrogens with zero attached hydrogens (tertiary/aromatic N) is 2. The Morgan fingerprint density at radius 2 is 2.40 bits per heavy atom. The second-order valence-corrected chi connectivity index (χ2v) is 1.91. The Morgan fingerprint density at radius 3 is 3.00 bits per heavy atom. The van der Waals surface area contributed by atoms with Crippen molar-refractivity contribution >= 4 is 6.21 Å². The molecular formula is C8H10N2. The Hall–Kier alpha value is -1.31. The molecule has 0 bridgehead atoms. The number of hydrogen-bond acceptors (Lipinski definition) is 2. The summed E-state index contributed by atoms with van der Waals surface area (Å²) < 4.78 is 0. The second-order valence-electron chi connectivity index (χ2n) is 1.91. The molecular weight excluding hydrogens is 124 g/mol. The van der Waals surface area contributed by atoms with E-state index in [9.17, 15) is 0 Å². The van der Waals surface area contributed by atoms with Gasteiger partial charge in [-0.2, -0.15) is 5.10 Å². The highest BCUT2D eigenvalue weighted by Gasteiger charge is 1.98. The summed E-state index contributed by atoms with van der Waals surface area (Å²) in [6.45, 7) is 5.66. The van der Waals surface area contributed by atoms with Gasteiger partial charge in [0.15, 0.2) is 0 Å². The highest BCUT2D eigenvalue weighted by Crippen LogP contribution is 2.08. The number of allylic oxidation sites excluding steroid dienone is 3. The fourth-order valence-corrected chi connectivity index (χ4v) is 0.707. The summed E-state index contributed by atoms with van der Waals surface area (Å²) >= 11 is 0. The summed E-state index contributed by atoms with van der Waals surface area (Å²) in [5.74, 6) is 0. The summed E-state index contributed by atoms with van der Waals surface area (Å²) in [5.41, 5.74) is 0.889. The molecule has 1 aliphatic heterocycles. The average molecular weight is 134 g/mol. The zero-order valence-electron chi connectivity index (χ0n) is 5.99. The van der Waals surface area contributed by atoms with Gasteiger partial charge in [-0.3, -0.25) is 0 Å². The molecule has 0 radical (unpaired) electrons. The fraction of sp³-hybridized carbons (Fsp3) is 0.125. The van der Waals surface area contributed by atoms with Crippen LogP contribution in [0.5, 0.6) is 0 Å². The van der Waals surface area contributed by atoms with Crippen LogP contribution < -0.4 is 0 Å². The Kier molecular flexibility index (Phi) is 2.05. The molecule has 2 nitrogen and oxygen atoms in total. The topological polar surface area (TPSA) is 15.6 Å². The van der Waals surface area contributed by atoms with Gasteiger partial charge in [-0.05, 0) is 19.1 Å². The van der Waals surface area contributed by atoms with E-state index in [4.69, 9.17) is 0 Å². The van der Waals surface area contributed by atoms with Gasteiger partial charge < -0.3 is 0 Å². The first-order valence-electron chi connectivity index (χ1n) is 3.16. The highest BCUT2D eigenvalue weighted by atomic mass is 15.4. The van der Waals surface area contributed by atoms with Gasteiger partial charge in [-0.1, -0.05) is 12.7 Å². The highest BCUT2D eigenvalue weighted by molar-refractivity contribution is 5.53. The molecule has 0 aromatic heterocycles. The van der Waals surface area contributed by atoms with Gasteiger partial charge in [0.05, 0.1) is 5.70 Å². The fourth-order valence-electron chi connectivity index (χ4n) is 0.707. The predicted octanol–water partition coefficient (Wildman–Crippen LogP) is 1.89. The first-order valence-corrected chi connectivity index (χ1v) is 3.16. The van der Waals surface area contributed by atoms with Gasteiger partial charge in [0.25, 0.3) is 0 Å². The van der Waals surface area contributed by atoms with Gasteiger partial charge in [-0.25, -0.2) is 5.01 Å². The molecule has 1 heterocycles. The SMILES string of the molecule is C=C1C=CC=CN1/N=C\C. The molecule has 0 unspecified atom stereocenters. The summed E-state index contributed by atoms with van der Waals surface area (Å²) in [4.78, 5) is 0. The zero-order chi connectivity index (χ0) is 7.40. The van der Waals surface area contributed by atoms with Crippen LogP contribution in [0.25, 0.3) is 0 Å². The van der Waals surface area contributed by atoms with Crippen LogP contribution in [0.4, 0.5) is 0 Å². The molecule has 0 aliphatic carbocycles. The van der Waals surface area contributed by atoms with Crippen molar-refractivity contribution in [3.05, 3.63) is 36.7 Å². The molecule has 0 N–H and O–H groups in total. The lowest BCUT2D eigenvalue weighted by Gasteiger charge is -2.15. The average Bonchev–Trinajstić information content (AvgIpc) is 1.94. The van der Waals surface area contributed by atoms with Gasteiger partial charge in [0.1, 0.15) is 0 Å². The van der Waals surface area contributed by atoms with E-state index >= 15 is 0 Å². The van der Waals surface area contributed by atoms with Crippen LogP contribution in [0.15, 0.2) is 41.8 Å². The molecule has 0 fully saturated rings. The molecule has 0 spiro atoms. The maximum absolute atomic E-state index is 4.04. The lowest BCUT2D eigenvalue weighted by atomic mass is 10.3. The summed E-state index contributed by atoms with van der Waals surface area (Å²) in [6.07, 6.45) is 9.36. The molecule has 0 saturated heterocycles. The molecule has 1 aliphatic rings. The Bertz CT molecular complexity index is 211. The van der Waals surface area contributed by atoms with Crippen molar-refractivity contribution in [2.45, 2.75) is 6.92 Å². The third-order valence-electron chi connectivity index (χ3n) is 1.16. The van der Waals surface area contributed by atoms with E-state index in [1.807, 2.05) is 31.4 Å². The van der Waals surface area contributed by atoms with E-state index in [0.717, 1.165) is 5.70 Å². The van der Waals surface area contributed by atoms with Crippen molar-refractivity contribution in [3.63, 3.8) is 0 Å². The smallest absolute Gasteiger partial charge is 0.0573 e. The number of hydrazone groups is 1. The first-order chi connectivity index (χ1) is 4.84. The summed E-state index contributed by atoms with van der Waals surface area (Å²) in [5, 5.41) is 5.76. The summed E-state index contributed by atoms with van der Waals surface area (Å²) in [6, 6.07) is 0. The molecule has 2 heteroatoms. The molecule has 10 heavy (non-hydrogen) atoms. The van der Waals surface area contributed by atoms with Crippen LogP contribution >= 0.6 is 0 Å². The van der Waals surface area contributed by atoms with Gasteiger partial charge in [0.2, 0.25) is 0 Å². The van der Waals surface area contributed by atoms with Crippen LogP contribution in [-0.4, -0.2) is 11.2 Å². The van der Waals surface area contributed by atoms with E-state index in [-0.39, 0.29) is 0 Å². The largest absolute Gasteiger partial charge is 0.242 e. The summed E-state index contributed by atoms with van der Waals surface area (Å²) in [7, 11) is 0. The van der Waals surface area contributed by atoms with Crippen LogP contribution in [0.2, 0.25) is 0 Å². The molecule has 52 valence electrons. The first kappa shape index (κ1) is 6.81. The van der Waals surface area contributed by atoms with E-state index in [2.05, 4.69) is 11.7 Å². The van der Waals surface area contributed by atoms with E-state index in [0.29, 0.717) is 0 Å². The van der Waals surface area contributed by atoms with Crippen molar-refractivity contribution < 1.29 is 0 Å². The maximum Gasteiger partial charge on any atom is 0.0573 e. The van der Waals surface area contributed by atoms with Crippen molar-refractivity contribution in [2.75, 3.05) is 0 Å².